The van der Waals surface area contributed by atoms with Crippen molar-refractivity contribution in [3.63, 3.8) is 0 Å². The Morgan fingerprint density at radius 2 is 1.70 bits per heavy atom. The van der Waals surface area contributed by atoms with E-state index in [-0.39, 0.29) is 19.4 Å². The molecule has 3 N–H and O–H groups in total. The molecule has 0 fully saturated rings. The molecule has 1 atom stereocenters. The molecule has 0 saturated heterocycles. The van der Waals surface area contributed by atoms with E-state index in [2.05, 4.69) is 17.2 Å². The molecule has 40 heavy (non-hydrogen) atoms. The topological polar surface area (TPSA) is 110 Å². The zero-order chi connectivity index (χ0) is 28.6. The molecule has 8 heteroatoms. The lowest BCUT2D eigenvalue weighted by Crippen LogP contribution is -2.44. The van der Waals surface area contributed by atoms with Crippen molar-refractivity contribution in [3.8, 4) is 11.5 Å². The van der Waals surface area contributed by atoms with Crippen molar-refractivity contribution in [1.82, 2.24) is 5.32 Å². The summed E-state index contributed by atoms with van der Waals surface area (Å²) in [6.45, 7) is 10.6. The molecule has 1 unspecified atom stereocenters. The molecule has 1 amide bonds. The molecule has 4 aliphatic rings. The number of esters is 1. The van der Waals surface area contributed by atoms with Gasteiger partial charge in [-0.1, -0.05) is 52.1 Å². The van der Waals surface area contributed by atoms with Gasteiger partial charge in [0.05, 0.1) is 12.7 Å². The highest BCUT2D eigenvalue weighted by Gasteiger charge is 2.25. The largest absolute Gasteiger partial charge is 0.490 e. The smallest absolute Gasteiger partial charge is 0.328 e. The van der Waals surface area contributed by atoms with Crippen LogP contribution in [0.2, 0.25) is 0 Å². The SMILES string of the molecule is C.C=C1Nc2ccc(cc2C=N)OC/C=C/COc2ccc(cc2)CC(C(=O)OC)NC(=O)/C1=C/C=C\C.CC. The van der Waals surface area contributed by atoms with Gasteiger partial charge in [0.25, 0.3) is 5.91 Å². The molecule has 2 aromatic carbocycles. The summed E-state index contributed by atoms with van der Waals surface area (Å²) in [6, 6.07) is 11.6. The summed E-state index contributed by atoms with van der Waals surface area (Å²) < 4.78 is 16.4. The quantitative estimate of drug-likeness (QED) is 0.188. The van der Waals surface area contributed by atoms with Crippen molar-refractivity contribution in [3.05, 3.63) is 102 Å². The predicted octanol–water partition coefficient (Wildman–Crippen LogP) is 6.00. The third-order valence-corrected chi connectivity index (χ3v) is 5.50. The van der Waals surface area contributed by atoms with Crippen LogP contribution in [0, 0.1) is 5.41 Å². The average molecular weight is 548 g/mol. The number of hydrogen-bond acceptors (Lipinski definition) is 7. The van der Waals surface area contributed by atoms with Gasteiger partial charge in [-0.3, -0.25) is 4.79 Å². The lowest BCUT2D eigenvalue weighted by Gasteiger charge is -2.20. The van der Waals surface area contributed by atoms with Gasteiger partial charge in [-0.2, -0.15) is 0 Å². The summed E-state index contributed by atoms with van der Waals surface area (Å²) in [6.07, 6.45) is 10.2. The Bertz CT molecular complexity index is 1230. The van der Waals surface area contributed by atoms with Crippen LogP contribution >= 0.6 is 0 Å². The average Bonchev–Trinajstić information content (AvgIpc) is 2.96. The van der Waals surface area contributed by atoms with E-state index in [1.165, 1.54) is 13.3 Å². The first-order chi connectivity index (χ1) is 18.9. The van der Waals surface area contributed by atoms with E-state index in [1.807, 2.05) is 57.2 Å². The van der Waals surface area contributed by atoms with Crippen LogP contribution in [0.3, 0.4) is 0 Å². The van der Waals surface area contributed by atoms with E-state index in [4.69, 9.17) is 19.6 Å². The number of nitrogens with one attached hydrogen (secondary N) is 3. The number of amides is 1. The summed E-state index contributed by atoms with van der Waals surface area (Å²) in [4.78, 5) is 25.9. The van der Waals surface area contributed by atoms with E-state index in [0.717, 1.165) is 5.56 Å². The Balaban J connectivity index is 0.00000261. The molecule has 8 nitrogen and oxygen atoms in total. The summed E-state index contributed by atoms with van der Waals surface area (Å²) in [5, 5.41) is 13.7. The molecule has 214 valence electrons. The molecule has 0 spiro atoms. The zero-order valence-electron chi connectivity index (χ0n) is 23.0. The van der Waals surface area contributed by atoms with E-state index in [0.29, 0.717) is 41.7 Å². The van der Waals surface area contributed by atoms with Crippen molar-refractivity contribution in [2.75, 3.05) is 25.6 Å². The Kier molecular flexibility index (Phi) is 14.9. The normalized spacial score (nSPS) is 17.5. The number of hydrogen-bond donors (Lipinski definition) is 3. The molecule has 4 heterocycles. The second kappa shape index (κ2) is 17.8. The number of carbonyl (C=O) groups is 2. The number of carbonyl (C=O) groups excluding carboxylic acids is 2. The van der Waals surface area contributed by atoms with Gasteiger partial charge < -0.3 is 30.3 Å². The van der Waals surface area contributed by atoms with Crippen LogP contribution in [0.15, 0.2) is 90.7 Å². The predicted molar refractivity (Wildman–Crippen MR) is 162 cm³/mol. The zero-order valence-corrected chi connectivity index (χ0v) is 23.0. The lowest BCUT2D eigenvalue weighted by molar-refractivity contribution is -0.144. The van der Waals surface area contributed by atoms with Crippen molar-refractivity contribution in [1.29, 1.82) is 5.41 Å². The third-order valence-electron chi connectivity index (χ3n) is 5.50. The van der Waals surface area contributed by atoms with E-state index < -0.39 is 17.9 Å². The van der Waals surface area contributed by atoms with Crippen LogP contribution < -0.4 is 20.1 Å². The number of anilines is 1. The van der Waals surface area contributed by atoms with Gasteiger partial charge in [0.15, 0.2) is 0 Å². The summed E-state index contributed by atoms with van der Waals surface area (Å²) in [7, 11) is 1.28. The van der Waals surface area contributed by atoms with Gasteiger partial charge in [-0.15, -0.1) is 0 Å². The third kappa shape index (κ3) is 9.94. The molecule has 4 bridgehead atoms. The highest BCUT2D eigenvalue weighted by Crippen LogP contribution is 2.24. The molecule has 2 aromatic rings. The van der Waals surface area contributed by atoms with Gasteiger partial charge in [-0.05, 0) is 61.0 Å². The van der Waals surface area contributed by atoms with Crippen LogP contribution in [-0.2, 0) is 20.7 Å². The fraction of sp³-hybridized carbons (Fsp3) is 0.281. The highest BCUT2D eigenvalue weighted by atomic mass is 16.5. The summed E-state index contributed by atoms with van der Waals surface area (Å²) in [5.41, 5.74) is 2.47. The number of benzene rings is 2. The van der Waals surface area contributed by atoms with E-state index in [9.17, 15) is 9.59 Å². The van der Waals surface area contributed by atoms with Crippen LogP contribution in [0.1, 0.15) is 39.3 Å². The number of rotatable bonds is 3. The summed E-state index contributed by atoms with van der Waals surface area (Å²) in [5.74, 6) is 0.191. The minimum atomic E-state index is -0.920. The lowest BCUT2D eigenvalue weighted by atomic mass is 10.0. The van der Waals surface area contributed by atoms with Gasteiger partial charge in [0.1, 0.15) is 30.8 Å². The second-order valence-corrected chi connectivity index (χ2v) is 8.09. The first-order valence-electron chi connectivity index (χ1n) is 12.8. The maximum atomic E-state index is 13.3. The minimum absolute atomic E-state index is 0. The molecule has 0 radical (unpaired) electrons. The molecule has 0 aliphatic carbocycles. The second-order valence-electron chi connectivity index (χ2n) is 8.09. The van der Waals surface area contributed by atoms with Crippen molar-refractivity contribution in [2.24, 2.45) is 0 Å². The highest BCUT2D eigenvalue weighted by molar-refractivity contribution is 6.01. The molecule has 4 aliphatic heterocycles. The Labute approximate surface area is 237 Å². The van der Waals surface area contributed by atoms with Crippen molar-refractivity contribution in [2.45, 2.75) is 40.7 Å². The van der Waals surface area contributed by atoms with Gasteiger partial charge in [0, 0.05) is 29.6 Å². The van der Waals surface area contributed by atoms with Crippen molar-refractivity contribution < 1.29 is 23.8 Å². The van der Waals surface area contributed by atoms with Gasteiger partial charge >= 0.3 is 5.97 Å². The van der Waals surface area contributed by atoms with Crippen LogP contribution in [0.5, 0.6) is 11.5 Å². The van der Waals surface area contributed by atoms with Crippen LogP contribution in [0.25, 0.3) is 0 Å². The maximum absolute atomic E-state index is 13.3. The number of ether oxygens (including phenoxy) is 3. The Morgan fingerprint density at radius 1 is 1.07 bits per heavy atom. The standard InChI is InChI=1S/C29H31N3O5.C2H6.CH4/c1-4-5-8-25-20(2)31-26-14-13-24(18-22(26)19-30)37-16-7-6-15-36-23-11-9-21(10-12-23)17-27(29(34)35-3)32-28(25)33;1-2;/h4-14,18-19,27,30-31H,2,15-17H2,1,3H3,(H,32,33);1-2H3;1H4/b5-4-,7-6+,25-8+,30-19?;;. The number of allylic oxidation sites excluding steroid dienone is 3. The van der Waals surface area contributed by atoms with E-state index >= 15 is 0 Å². The van der Waals surface area contributed by atoms with Crippen molar-refractivity contribution >= 4 is 23.8 Å². The van der Waals surface area contributed by atoms with Crippen LogP contribution in [0.4, 0.5) is 5.69 Å². The number of methoxy groups -OCH3 is 1. The maximum Gasteiger partial charge on any atom is 0.328 e. The fourth-order valence-electron chi connectivity index (χ4n) is 3.55. The molecule has 0 aromatic heterocycles. The minimum Gasteiger partial charge on any atom is -0.490 e. The Morgan fingerprint density at radius 3 is 2.30 bits per heavy atom. The first kappa shape index (κ1) is 33.4. The Hall–Kier alpha value is -4.59. The van der Waals surface area contributed by atoms with E-state index in [1.54, 1.807) is 36.4 Å². The van der Waals surface area contributed by atoms with Gasteiger partial charge in [-0.25, -0.2) is 4.79 Å². The molecule has 6 rings (SSSR count). The molecule has 0 saturated carbocycles. The fourth-order valence-corrected chi connectivity index (χ4v) is 3.55. The first-order valence-corrected chi connectivity index (χ1v) is 12.8. The van der Waals surface area contributed by atoms with Gasteiger partial charge in [0.2, 0.25) is 0 Å². The van der Waals surface area contributed by atoms with Crippen LogP contribution in [-0.4, -0.2) is 44.5 Å². The summed E-state index contributed by atoms with van der Waals surface area (Å²) >= 11 is 0. The monoisotopic (exact) mass is 547 g/mol. The molecular formula is C32H41N3O5. The molecular weight excluding hydrogens is 506 g/mol.